The second-order valence-corrected chi connectivity index (χ2v) is 8.35. The maximum atomic E-state index is 12.6. The topological polar surface area (TPSA) is 93.5 Å². The molecule has 164 valence electrons. The molecule has 3 N–H and O–H groups in total. The number of benzene rings is 2. The first-order valence-corrected chi connectivity index (χ1v) is 10.6. The van der Waals surface area contributed by atoms with Crippen molar-refractivity contribution in [1.29, 1.82) is 0 Å². The number of nitrogens with one attached hydrogen (secondary N) is 3. The first kappa shape index (κ1) is 21.1. The highest BCUT2D eigenvalue weighted by Crippen LogP contribution is 2.26. The van der Waals surface area contributed by atoms with Gasteiger partial charge in [0.05, 0.1) is 23.7 Å². The quantitative estimate of drug-likeness (QED) is 0.567. The summed E-state index contributed by atoms with van der Waals surface area (Å²) in [5, 5.41) is 2.94. The second-order valence-electron chi connectivity index (χ2n) is 8.35. The summed E-state index contributed by atoms with van der Waals surface area (Å²) in [5.74, 6) is 0.801. The number of fused-ring (bicyclic) bond motifs is 1. The number of carbonyl (C=O) groups excluding carboxylic acids is 1. The van der Waals surface area contributed by atoms with Gasteiger partial charge in [0.1, 0.15) is 5.75 Å². The van der Waals surface area contributed by atoms with Gasteiger partial charge in [-0.2, -0.15) is 0 Å². The molecule has 1 aliphatic heterocycles. The molecule has 2 heterocycles. The molecular formula is C23H29N5O3. The van der Waals surface area contributed by atoms with Gasteiger partial charge in [0.2, 0.25) is 5.91 Å². The largest absolute Gasteiger partial charge is 0.491 e. The van der Waals surface area contributed by atoms with Crippen LogP contribution in [0.5, 0.6) is 5.75 Å². The third-order valence-electron chi connectivity index (χ3n) is 5.54. The van der Waals surface area contributed by atoms with Gasteiger partial charge in [0.25, 0.3) is 0 Å². The van der Waals surface area contributed by atoms with E-state index in [1.165, 1.54) is 5.56 Å². The highest BCUT2D eigenvalue weighted by molar-refractivity contribution is 5.94. The highest BCUT2D eigenvalue weighted by Gasteiger charge is 2.26. The van der Waals surface area contributed by atoms with Gasteiger partial charge in [-0.1, -0.05) is 12.1 Å². The summed E-state index contributed by atoms with van der Waals surface area (Å²) in [4.78, 5) is 33.9. The van der Waals surface area contributed by atoms with Crippen LogP contribution in [0.15, 0.2) is 47.3 Å². The van der Waals surface area contributed by atoms with Crippen LogP contribution in [0.25, 0.3) is 11.0 Å². The number of hydrogen-bond acceptors (Lipinski definition) is 5. The van der Waals surface area contributed by atoms with Crippen LogP contribution >= 0.6 is 0 Å². The van der Waals surface area contributed by atoms with Crippen LogP contribution in [0.2, 0.25) is 0 Å². The van der Waals surface area contributed by atoms with Crippen LogP contribution in [-0.2, 0) is 4.79 Å². The predicted molar refractivity (Wildman–Crippen MR) is 122 cm³/mol. The van der Waals surface area contributed by atoms with Gasteiger partial charge in [-0.05, 0) is 56.8 Å². The summed E-state index contributed by atoms with van der Waals surface area (Å²) >= 11 is 0. The number of imidazole rings is 1. The number of amides is 1. The van der Waals surface area contributed by atoms with Gasteiger partial charge < -0.3 is 20.0 Å². The minimum Gasteiger partial charge on any atom is -0.491 e. The average molecular weight is 424 g/mol. The zero-order chi connectivity index (χ0) is 22.0. The van der Waals surface area contributed by atoms with E-state index in [0.717, 1.165) is 30.9 Å². The van der Waals surface area contributed by atoms with E-state index in [4.69, 9.17) is 4.74 Å². The van der Waals surface area contributed by atoms with E-state index in [1.54, 1.807) is 18.2 Å². The smallest absolute Gasteiger partial charge is 0.323 e. The van der Waals surface area contributed by atoms with E-state index >= 15 is 0 Å². The number of hydrogen-bond donors (Lipinski definition) is 3. The molecule has 8 heteroatoms. The number of ether oxygens (including phenoxy) is 1. The van der Waals surface area contributed by atoms with E-state index < -0.39 is 0 Å². The third-order valence-corrected chi connectivity index (χ3v) is 5.54. The lowest BCUT2D eigenvalue weighted by atomic mass is 10.0. The molecule has 1 atom stereocenters. The van der Waals surface area contributed by atoms with E-state index in [0.29, 0.717) is 17.7 Å². The molecule has 1 aliphatic rings. The van der Waals surface area contributed by atoms with Gasteiger partial charge in [-0.15, -0.1) is 0 Å². The first-order chi connectivity index (χ1) is 14.9. The fourth-order valence-electron chi connectivity index (χ4n) is 3.99. The summed E-state index contributed by atoms with van der Waals surface area (Å²) in [6, 6.07) is 13.8. The Kier molecular flexibility index (Phi) is 6.11. The molecule has 4 rings (SSSR count). The van der Waals surface area contributed by atoms with Crippen LogP contribution in [0, 0.1) is 0 Å². The SMILES string of the molecule is CC(C)Oc1ccc(C2CN(CC(=O)Nc3ccc4[nH]c(=O)[nH]c4c3)CCN2C)cc1. The third kappa shape index (κ3) is 5.15. The molecule has 0 bridgehead atoms. The Morgan fingerprint density at radius 3 is 2.61 bits per heavy atom. The minimum atomic E-state index is -0.259. The lowest BCUT2D eigenvalue weighted by Crippen LogP contribution is -2.48. The standard InChI is InChI=1S/C23H29N5O3/c1-15(2)31-18-7-4-16(5-8-18)21-13-28(11-10-27(21)3)14-22(29)24-17-6-9-19-20(12-17)26-23(30)25-19/h4-9,12,15,21H,10-11,13-14H2,1-3H3,(H,24,29)(H2,25,26,30). The second kappa shape index (κ2) is 8.95. The Balaban J connectivity index is 1.38. The van der Waals surface area contributed by atoms with Crippen molar-refractivity contribution in [2.24, 2.45) is 0 Å². The minimum absolute atomic E-state index is 0.0683. The number of likely N-dealkylation sites (N-methyl/N-ethyl adjacent to an activating group) is 1. The number of aromatic nitrogens is 2. The molecule has 0 spiro atoms. The van der Waals surface area contributed by atoms with Crippen LogP contribution in [0.1, 0.15) is 25.5 Å². The monoisotopic (exact) mass is 423 g/mol. The molecule has 8 nitrogen and oxygen atoms in total. The van der Waals surface area contributed by atoms with Crippen LogP contribution in [0.3, 0.4) is 0 Å². The fraction of sp³-hybridized carbons (Fsp3) is 0.391. The number of piperazine rings is 1. The molecule has 3 aromatic rings. The molecule has 1 aromatic heterocycles. The van der Waals surface area contributed by atoms with Crippen molar-refractivity contribution in [3.63, 3.8) is 0 Å². The zero-order valence-corrected chi connectivity index (χ0v) is 18.1. The first-order valence-electron chi connectivity index (χ1n) is 10.6. The molecule has 0 aliphatic carbocycles. The van der Waals surface area contributed by atoms with Crippen molar-refractivity contribution in [2.45, 2.75) is 26.0 Å². The number of nitrogens with zero attached hydrogens (tertiary/aromatic N) is 2. The van der Waals surface area contributed by atoms with Gasteiger partial charge in [0.15, 0.2) is 0 Å². The Hall–Kier alpha value is -3.10. The van der Waals surface area contributed by atoms with E-state index in [1.807, 2.05) is 26.0 Å². The number of rotatable bonds is 6. The van der Waals surface area contributed by atoms with Gasteiger partial charge in [-0.25, -0.2) is 4.79 Å². The fourth-order valence-corrected chi connectivity index (χ4v) is 3.99. The number of aromatic amines is 2. The van der Waals surface area contributed by atoms with Gasteiger partial charge in [0, 0.05) is 31.4 Å². The molecule has 1 amide bonds. The Bertz CT molecular complexity index is 1100. The van der Waals surface area contributed by atoms with Gasteiger partial charge in [-0.3, -0.25) is 14.6 Å². The molecular weight excluding hydrogens is 394 g/mol. The molecule has 0 saturated carbocycles. The summed E-state index contributed by atoms with van der Waals surface area (Å²) in [6.45, 7) is 6.85. The Morgan fingerprint density at radius 2 is 1.87 bits per heavy atom. The normalized spacial score (nSPS) is 17.9. The van der Waals surface area contributed by atoms with Crippen molar-refractivity contribution in [1.82, 2.24) is 19.8 Å². The number of carbonyl (C=O) groups is 1. The molecule has 2 aromatic carbocycles. The highest BCUT2D eigenvalue weighted by atomic mass is 16.5. The lowest BCUT2D eigenvalue weighted by Gasteiger charge is -2.39. The van der Waals surface area contributed by atoms with Crippen molar-refractivity contribution in [2.75, 3.05) is 38.5 Å². The maximum absolute atomic E-state index is 12.6. The molecule has 1 unspecified atom stereocenters. The summed E-state index contributed by atoms with van der Waals surface area (Å²) < 4.78 is 5.74. The van der Waals surface area contributed by atoms with E-state index in [2.05, 4.69) is 44.3 Å². The summed E-state index contributed by atoms with van der Waals surface area (Å²) in [7, 11) is 2.12. The van der Waals surface area contributed by atoms with Gasteiger partial charge >= 0.3 is 5.69 Å². The molecule has 31 heavy (non-hydrogen) atoms. The average Bonchev–Trinajstić information content (AvgIpc) is 3.09. The lowest BCUT2D eigenvalue weighted by molar-refractivity contribution is -0.118. The molecule has 1 saturated heterocycles. The molecule has 0 radical (unpaired) electrons. The van der Waals surface area contributed by atoms with Crippen molar-refractivity contribution < 1.29 is 9.53 Å². The van der Waals surface area contributed by atoms with Crippen LogP contribution in [-0.4, -0.2) is 65.0 Å². The van der Waals surface area contributed by atoms with Crippen molar-refractivity contribution in [3.05, 3.63) is 58.5 Å². The molecule has 1 fully saturated rings. The van der Waals surface area contributed by atoms with Crippen molar-refractivity contribution in [3.8, 4) is 5.75 Å². The number of anilines is 1. The van der Waals surface area contributed by atoms with Crippen LogP contribution in [0.4, 0.5) is 5.69 Å². The predicted octanol–water partition coefficient (Wildman–Crippen LogP) is 2.57. The number of H-pyrrole nitrogens is 2. The maximum Gasteiger partial charge on any atom is 0.323 e. The Morgan fingerprint density at radius 1 is 1.13 bits per heavy atom. The zero-order valence-electron chi connectivity index (χ0n) is 18.1. The van der Waals surface area contributed by atoms with Crippen molar-refractivity contribution >= 4 is 22.6 Å². The van der Waals surface area contributed by atoms with E-state index in [9.17, 15) is 9.59 Å². The Labute approximate surface area is 181 Å². The van der Waals surface area contributed by atoms with Crippen LogP contribution < -0.4 is 15.7 Å². The van der Waals surface area contributed by atoms with E-state index in [-0.39, 0.29) is 23.7 Å². The summed E-state index contributed by atoms with van der Waals surface area (Å²) in [5.41, 5.74) is 3.01. The summed E-state index contributed by atoms with van der Waals surface area (Å²) in [6.07, 6.45) is 0.149.